The van der Waals surface area contributed by atoms with Gasteiger partial charge in [-0.1, -0.05) is 0 Å². The lowest BCUT2D eigenvalue weighted by molar-refractivity contribution is 0.0680. The Balaban J connectivity index is 1.31. The average molecular weight is 571 g/mol. The number of carboxylic acids is 3. The van der Waals surface area contributed by atoms with Crippen molar-refractivity contribution in [1.82, 2.24) is 0 Å². The first kappa shape index (κ1) is 30.7. The molecule has 0 aromatic heterocycles. The fraction of sp³-hybridized carbons (Fsp3) is 0.276. The minimum absolute atomic E-state index is 0.00368. The predicted octanol–water partition coefficient (Wildman–Crippen LogP) is 3.73. The van der Waals surface area contributed by atoms with Crippen LogP contribution in [-0.4, -0.2) is 86.1 Å². The summed E-state index contributed by atoms with van der Waals surface area (Å²) >= 11 is 0. The third-order valence-electron chi connectivity index (χ3n) is 5.32. The van der Waals surface area contributed by atoms with Gasteiger partial charge in [0.05, 0.1) is 43.1 Å². The Labute approximate surface area is 235 Å². The van der Waals surface area contributed by atoms with Gasteiger partial charge in [0.1, 0.15) is 49.4 Å². The Kier molecular flexibility index (Phi) is 12.2. The maximum Gasteiger partial charge on any atom is 0.335 e. The van der Waals surface area contributed by atoms with Crippen LogP contribution in [0.15, 0.2) is 66.7 Å². The molecule has 0 aliphatic heterocycles. The third-order valence-corrected chi connectivity index (χ3v) is 5.32. The molecule has 0 aliphatic rings. The van der Waals surface area contributed by atoms with Gasteiger partial charge in [0.2, 0.25) is 0 Å². The Bertz CT molecular complexity index is 1180. The largest absolute Gasteiger partial charge is 0.491 e. The van der Waals surface area contributed by atoms with Crippen molar-refractivity contribution in [2.24, 2.45) is 0 Å². The van der Waals surface area contributed by atoms with Gasteiger partial charge in [0, 0.05) is 6.07 Å². The Morgan fingerprint density at radius 3 is 1.05 bits per heavy atom. The second-order valence-corrected chi connectivity index (χ2v) is 8.28. The van der Waals surface area contributed by atoms with Gasteiger partial charge in [-0.25, -0.2) is 14.4 Å². The molecule has 0 atom stereocenters. The monoisotopic (exact) mass is 570 g/mol. The minimum Gasteiger partial charge on any atom is -0.491 e. The zero-order valence-electron chi connectivity index (χ0n) is 22.0. The van der Waals surface area contributed by atoms with Crippen LogP contribution >= 0.6 is 0 Å². The third kappa shape index (κ3) is 11.1. The van der Waals surface area contributed by atoms with Crippen LogP contribution in [-0.2, 0) is 9.47 Å². The molecule has 0 saturated carbocycles. The molecule has 0 aliphatic carbocycles. The van der Waals surface area contributed by atoms with E-state index in [0.717, 1.165) is 0 Å². The summed E-state index contributed by atoms with van der Waals surface area (Å²) in [6, 6.07) is 16.4. The van der Waals surface area contributed by atoms with E-state index in [-0.39, 0.29) is 69.5 Å². The summed E-state index contributed by atoms with van der Waals surface area (Å²) in [4.78, 5) is 33.2. The van der Waals surface area contributed by atoms with Gasteiger partial charge in [0.15, 0.2) is 0 Å². The van der Waals surface area contributed by atoms with Gasteiger partial charge in [-0.2, -0.15) is 0 Å². The zero-order valence-corrected chi connectivity index (χ0v) is 22.0. The van der Waals surface area contributed by atoms with Crippen LogP contribution in [0.1, 0.15) is 31.1 Å². The quantitative estimate of drug-likeness (QED) is 0.179. The van der Waals surface area contributed by atoms with Crippen LogP contribution in [0.5, 0.6) is 23.0 Å². The maximum atomic E-state index is 11.5. The van der Waals surface area contributed by atoms with Crippen molar-refractivity contribution in [3.63, 3.8) is 0 Å². The highest BCUT2D eigenvalue weighted by atomic mass is 16.6. The molecule has 218 valence electrons. The number of carboxylic acid groups (broad SMARTS) is 3. The van der Waals surface area contributed by atoms with E-state index in [4.69, 9.17) is 38.6 Å². The first-order valence-electron chi connectivity index (χ1n) is 12.5. The lowest BCUT2D eigenvalue weighted by Crippen LogP contribution is -2.13. The molecule has 0 fully saturated rings. The molecule has 0 heterocycles. The molecule has 3 rings (SSSR count). The number of hydrogen-bond donors (Lipinski definition) is 3. The van der Waals surface area contributed by atoms with Crippen molar-refractivity contribution in [3.05, 3.63) is 83.4 Å². The highest BCUT2D eigenvalue weighted by Crippen LogP contribution is 2.23. The van der Waals surface area contributed by atoms with Crippen molar-refractivity contribution in [2.75, 3.05) is 52.9 Å². The second kappa shape index (κ2) is 16.3. The summed E-state index contributed by atoms with van der Waals surface area (Å²) < 4.78 is 33.1. The van der Waals surface area contributed by atoms with E-state index >= 15 is 0 Å². The average Bonchev–Trinajstić information content (AvgIpc) is 2.96. The molecule has 0 bridgehead atoms. The minimum atomic E-state index is -1.13. The molecule has 0 radical (unpaired) electrons. The van der Waals surface area contributed by atoms with E-state index in [1.54, 1.807) is 30.3 Å². The number of aromatic carboxylic acids is 3. The van der Waals surface area contributed by atoms with E-state index in [1.165, 1.54) is 36.4 Å². The van der Waals surface area contributed by atoms with Crippen LogP contribution in [0, 0.1) is 0 Å². The maximum absolute atomic E-state index is 11.5. The summed E-state index contributed by atoms with van der Waals surface area (Å²) in [5.41, 5.74) is 0.347. The number of rotatable bonds is 19. The molecule has 3 N–H and O–H groups in total. The van der Waals surface area contributed by atoms with E-state index in [1.807, 2.05) is 0 Å². The number of hydrogen-bond acceptors (Lipinski definition) is 9. The van der Waals surface area contributed by atoms with Crippen molar-refractivity contribution >= 4 is 17.9 Å². The van der Waals surface area contributed by atoms with Crippen LogP contribution < -0.4 is 18.9 Å². The summed E-state index contributed by atoms with van der Waals surface area (Å²) in [6.07, 6.45) is 0. The molecule has 12 heteroatoms. The number of ether oxygens (including phenoxy) is 6. The molecule has 3 aromatic carbocycles. The molecule has 0 spiro atoms. The normalized spacial score (nSPS) is 10.5. The van der Waals surface area contributed by atoms with Crippen molar-refractivity contribution < 1.29 is 58.1 Å². The van der Waals surface area contributed by atoms with E-state index < -0.39 is 17.9 Å². The van der Waals surface area contributed by atoms with E-state index in [9.17, 15) is 19.5 Å². The Morgan fingerprint density at radius 2 is 0.732 bits per heavy atom. The zero-order chi connectivity index (χ0) is 29.5. The van der Waals surface area contributed by atoms with Crippen molar-refractivity contribution in [2.45, 2.75) is 0 Å². The van der Waals surface area contributed by atoms with Crippen LogP contribution in [0.2, 0.25) is 0 Å². The van der Waals surface area contributed by atoms with Crippen LogP contribution in [0.4, 0.5) is 0 Å². The summed E-state index contributed by atoms with van der Waals surface area (Å²) in [7, 11) is 0. The van der Waals surface area contributed by atoms with Gasteiger partial charge in [0.25, 0.3) is 0 Å². The Morgan fingerprint density at radius 1 is 0.415 bits per heavy atom. The molecular weight excluding hydrogens is 540 g/mol. The molecule has 0 saturated heterocycles. The fourth-order valence-corrected chi connectivity index (χ4v) is 3.33. The predicted molar refractivity (Wildman–Crippen MR) is 144 cm³/mol. The smallest absolute Gasteiger partial charge is 0.335 e. The topological polar surface area (TPSA) is 167 Å². The number of benzene rings is 3. The van der Waals surface area contributed by atoms with Crippen LogP contribution in [0.3, 0.4) is 0 Å². The van der Waals surface area contributed by atoms with Gasteiger partial charge in [-0.3, -0.25) is 0 Å². The van der Waals surface area contributed by atoms with Crippen molar-refractivity contribution in [3.8, 4) is 23.0 Å². The van der Waals surface area contributed by atoms with Gasteiger partial charge in [-0.05, 0) is 60.7 Å². The summed E-state index contributed by atoms with van der Waals surface area (Å²) in [6.45, 7) is 1.85. The molecule has 12 nitrogen and oxygen atoms in total. The molecule has 3 aromatic rings. The first-order chi connectivity index (χ1) is 19.8. The fourth-order valence-electron chi connectivity index (χ4n) is 3.33. The van der Waals surface area contributed by atoms with Crippen LogP contribution in [0.25, 0.3) is 0 Å². The highest BCUT2D eigenvalue weighted by molar-refractivity contribution is 5.89. The summed E-state index contributed by atoms with van der Waals surface area (Å²) in [5.74, 6) is -1.49. The van der Waals surface area contributed by atoms with Gasteiger partial charge < -0.3 is 43.7 Å². The lowest BCUT2D eigenvalue weighted by Gasteiger charge is -2.12. The second-order valence-electron chi connectivity index (χ2n) is 8.28. The standard InChI is InChI=1S/C29H30O12/c30-27(31)20-1-5-23(6-2-20)38-13-9-36-11-15-40-25-17-22(29(34)35)18-26(19-25)41-16-12-37-10-14-39-24-7-3-21(4-8-24)28(32)33/h1-8,17-19H,9-16H2,(H,30,31)(H,32,33)(H,34,35). The molecule has 0 amide bonds. The van der Waals surface area contributed by atoms with E-state index in [2.05, 4.69) is 0 Å². The molecule has 41 heavy (non-hydrogen) atoms. The SMILES string of the molecule is O=C(O)c1ccc(OCCOCCOc2cc(OCCOCCOc3ccc(C(=O)O)cc3)cc(C(=O)O)c2)cc1. The highest BCUT2D eigenvalue weighted by Gasteiger charge is 2.10. The van der Waals surface area contributed by atoms with Crippen molar-refractivity contribution in [1.29, 1.82) is 0 Å². The first-order valence-corrected chi connectivity index (χ1v) is 12.5. The number of carbonyl (C=O) groups is 3. The molecule has 0 unspecified atom stereocenters. The van der Waals surface area contributed by atoms with E-state index in [0.29, 0.717) is 23.0 Å². The molecular formula is C29H30O12. The lowest BCUT2D eigenvalue weighted by atomic mass is 10.2. The van der Waals surface area contributed by atoms with Gasteiger partial charge >= 0.3 is 17.9 Å². The summed E-state index contributed by atoms with van der Waals surface area (Å²) in [5, 5.41) is 27.2. The van der Waals surface area contributed by atoms with Gasteiger partial charge in [-0.15, -0.1) is 0 Å². The Hall–Kier alpha value is -4.81.